The van der Waals surface area contributed by atoms with Gasteiger partial charge in [-0.1, -0.05) is 12.1 Å². The first-order valence-corrected chi connectivity index (χ1v) is 30.4. The van der Waals surface area contributed by atoms with Crippen molar-refractivity contribution >= 4 is 136 Å². The zero-order chi connectivity index (χ0) is 66.1. The number of nitrogen functional groups attached to an aromatic ring is 8. The summed E-state index contributed by atoms with van der Waals surface area (Å²) in [6.07, 6.45) is 12.2. The number of aromatic nitrogens is 17. The van der Waals surface area contributed by atoms with Crippen molar-refractivity contribution in [3.8, 4) is 44.8 Å². The molecule has 1 saturated heterocycles. The molecular weight excluding hydrogens is 1210 g/mol. The van der Waals surface area contributed by atoms with E-state index < -0.39 is 0 Å². The Hall–Kier alpha value is -12.5. The van der Waals surface area contributed by atoms with Crippen LogP contribution in [0, 0.1) is 0 Å². The normalized spacial score (nSPS) is 12.9. The highest BCUT2D eigenvalue weighted by atomic mass is 16.5. The summed E-state index contributed by atoms with van der Waals surface area (Å²) in [5.41, 5.74) is 62.9. The highest BCUT2D eigenvalue weighted by Gasteiger charge is 2.25. The van der Waals surface area contributed by atoms with Crippen LogP contribution in [0.3, 0.4) is 0 Å². The van der Waals surface area contributed by atoms with Crippen molar-refractivity contribution in [2.75, 3.05) is 59.1 Å². The van der Waals surface area contributed by atoms with Crippen molar-refractivity contribution in [3.63, 3.8) is 0 Å². The lowest BCUT2D eigenvalue weighted by molar-refractivity contribution is 0.0706. The van der Waals surface area contributed by atoms with Crippen LogP contribution in [0.25, 0.3) is 133 Å². The van der Waals surface area contributed by atoms with Crippen LogP contribution >= 0.6 is 0 Å². The van der Waals surface area contributed by atoms with Gasteiger partial charge in [-0.15, -0.1) is 0 Å². The molecule has 0 saturated carbocycles. The second-order valence-electron chi connectivity index (χ2n) is 23.5. The first kappa shape index (κ1) is 60.1. The standard InChI is InChI=1S/C18H18N6O2.2C16H16N6O.C15H15N7O/c19-16-15-12(10-1-2-14-13(7-10)23-18(20)26-14)8-24(17(15)22-9-21-16)11-3-5-25-6-4-11;1-8(2)22-6-10(13-14(17)19-7-20-15(13)22)9-3-4-12-11(5-9)21-16(18)23-12;1-8(2)22-11-5-6-19-15(17)13(11)14(21-22)9-3-4-12-10(7-9)20-16(18)23-12;1-7(2)22-12(11-13(16)18-6-19-14(11)21-22)8-3-4-10-9(5-8)20-15(17)23-10/h1-2,7-9,11H,3-6H2,(H2,20,23)(H2,19,21,22);3-8H,1-2H3,(H2,18,21)(H2,17,19,20);3-8H,1-2H3,(H2,17,19)(H2,18,20);3-7H,1-2H3,(H2,17,20)(H2,16,18,19,21). The summed E-state index contributed by atoms with van der Waals surface area (Å²) in [5.74, 6) is 1.79. The minimum Gasteiger partial charge on any atom is -0.424 e. The SMILES string of the molecule is CC(C)n1cc(-c2ccc3oc(N)nc3c2)c2c(N)ncnc21.CC(C)n1nc(-c2ccc3oc(N)nc3c2)c2c(N)nccc21.CC(C)n1nc2ncnc(N)c2c1-c1ccc2oc(N)nc2c1.Nc1nc2cc(-c3cn(C4CCOCC4)c4ncnc(N)c34)ccc2o1. The van der Waals surface area contributed by atoms with Gasteiger partial charge in [0.2, 0.25) is 0 Å². The van der Waals surface area contributed by atoms with Crippen LogP contribution in [0.4, 0.5) is 47.3 Å². The van der Waals surface area contributed by atoms with E-state index in [-0.39, 0.29) is 42.2 Å². The third-order valence-corrected chi connectivity index (χ3v) is 16.4. The molecule has 0 amide bonds. The zero-order valence-corrected chi connectivity index (χ0v) is 52.4. The molecule has 1 aliphatic rings. The summed E-state index contributed by atoms with van der Waals surface area (Å²) in [6.45, 7) is 14.0. The number of oxazole rings is 4. The van der Waals surface area contributed by atoms with E-state index in [9.17, 15) is 0 Å². The molecular formula is C65H65N25O5. The number of rotatable bonds is 8. The molecule has 13 heterocycles. The van der Waals surface area contributed by atoms with E-state index in [1.165, 1.54) is 19.0 Å². The Balaban J connectivity index is 0.000000109. The molecule has 0 unspecified atom stereocenters. The number of anilines is 8. The maximum absolute atomic E-state index is 6.21. The van der Waals surface area contributed by atoms with Crippen molar-refractivity contribution in [2.24, 2.45) is 0 Å². The first-order valence-electron chi connectivity index (χ1n) is 30.4. The quantitative estimate of drug-likeness (QED) is 0.0700. The Kier molecular flexibility index (Phi) is 15.2. The largest absolute Gasteiger partial charge is 0.424 e. The Labute approximate surface area is 538 Å². The van der Waals surface area contributed by atoms with Crippen LogP contribution in [-0.4, -0.2) is 96.7 Å². The second kappa shape index (κ2) is 24.0. The van der Waals surface area contributed by atoms with Crippen LogP contribution < -0.4 is 45.9 Å². The van der Waals surface area contributed by atoms with Gasteiger partial charge in [-0.05, 0) is 132 Å². The predicted molar refractivity (Wildman–Crippen MR) is 365 cm³/mol. The summed E-state index contributed by atoms with van der Waals surface area (Å²) < 4.78 is 35.0. The average molecular weight is 1280 g/mol. The monoisotopic (exact) mass is 1280 g/mol. The van der Waals surface area contributed by atoms with E-state index in [0.29, 0.717) is 79.4 Å². The lowest BCUT2D eigenvalue weighted by Crippen LogP contribution is -2.19. The fourth-order valence-corrected chi connectivity index (χ4v) is 12.0. The average Bonchev–Trinajstić information content (AvgIpc) is 1.64. The molecule has 1 fully saturated rings. The number of ether oxygens (including phenoxy) is 1. The van der Waals surface area contributed by atoms with Crippen molar-refractivity contribution in [2.45, 2.75) is 78.6 Å². The molecule has 0 bridgehead atoms. The van der Waals surface area contributed by atoms with Crippen LogP contribution in [0.5, 0.6) is 0 Å². The van der Waals surface area contributed by atoms with Crippen molar-refractivity contribution in [1.82, 2.24) is 83.5 Å². The minimum absolute atomic E-state index is 0.136. The van der Waals surface area contributed by atoms with E-state index in [1.54, 1.807) is 6.20 Å². The van der Waals surface area contributed by atoms with Gasteiger partial charge in [0.15, 0.2) is 28.0 Å². The molecule has 4 aromatic carbocycles. The van der Waals surface area contributed by atoms with Crippen LogP contribution in [0.1, 0.15) is 78.6 Å². The van der Waals surface area contributed by atoms with Crippen LogP contribution in [-0.2, 0) is 4.74 Å². The minimum atomic E-state index is 0.136. The third kappa shape index (κ3) is 11.1. The molecule has 12 aromatic heterocycles. The van der Waals surface area contributed by atoms with E-state index in [1.807, 2.05) is 108 Å². The summed E-state index contributed by atoms with van der Waals surface area (Å²) >= 11 is 0. The van der Waals surface area contributed by atoms with Crippen molar-refractivity contribution in [1.29, 1.82) is 0 Å². The number of hydrogen-bond donors (Lipinski definition) is 8. The molecule has 17 rings (SSSR count). The molecule has 30 nitrogen and oxygen atoms in total. The Bertz CT molecular complexity index is 5380. The molecule has 16 N–H and O–H groups in total. The lowest BCUT2D eigenvalue weighted by Gasteiger charge is -2.24. The van der Waals surface area contributed by atoms with Gasteiger partial charge < -0.3 is 77.4 Å². The van der Waals surface area contributed by atoms with Crippen LogP contribution in [0.2, 0.25) is 0 Å². The molecule has 0 atom stereocenters. The van der Waals surface area contributed by atoms with Gasteiger partial charge in [0, 0.05) is 78.2 Å². The van der Waals surface area contributed by atoms with Gasteiger partial charge in [0.25, 0.3) is 24.1 Å². The zero-order valence-electron chi connectivity index (χ0n) is 52.4. The predicted octanol–water partition coefficient (Wildman–Crippen LogP) is 11.1. The highest BCUT2D eigenvalue weighted by molar-refractivity contribution is 6.05. The smallest absolute Gasteiger partial charge is 0.292 e. The van der Waals surface area contributed by atoms with Gasteiger partial charge in [0.05, 0.1) is 32.8 Å². The number of benzene rings is 4. The maximum Gasteiger partial charge on any atom is 0.292 e. The van der Waals surface area contributed by atoms with Gasteiger partial charge in [-0.3, -0.25) is 9.36 Å². The molecule has 0 radical (unpaired) electrons. The fraction of sp³-hybridized carbons (Fsp3) is 0.215. The van der Waals surface area contributed by atoms with Gasteiger partial charge in [-0.2, -0.15) is 30.1 Å². The van der Waals surface area contributed by atoms with Crippen molar-refractivity contribution < 1.29 is 22.4 Å². The lowest BCUT2D eigenvalue weighted by atomic mass is 10.1. The van der Waals surface area contributed by atoms with Gasteiger partial charge in [-0.25, -0.2) is 34.9 Å². The summed E-state index contributed by atoms with van der Waals surface area (Å²) in [5, 5.41) is 12.6. The molecule has 0 spiro atoms. The second-order valence-corrected chi connectivity index (χ2v) is 23.5. The molecule has 16 aromatic rings. The van der Waals surface area contributed by atoms with Gasteiger partial charge >= 0.3 is 0 Å². The van der Waals surface area contributed by atoms with E-state index in [0.717, 1.165) is 109 Å². The molecule has 480 valence electrons. The number of nitrogens with two attached hydrogens (primary N) is 8. The number of nitrogens with zero attached hydrogens (tertiary/aromatic N) is 17. The Morgan fingerprint density at radius 1 is 0.432 bits per heavy atom. The molecule has 1 aliphatic heterocycles. The van der Waals surface area contributed by atoms with E-state index in [4.69, 9.17) is 73.4 Å². The van der Waals surface area contributed by atoms with Crippen molar-refractivity contribution in [3.05, 3.63) is 116 Å². The Morgan fingerprint density at radius 2 is 0.884 bits per heavy atom. The maximum atomic E-state index is 6.21. The van der Waals surface area contributed by atoms with Gasteiger partial charge in [0.1, 0.15) is 81.3 Å². The Morgan fingerprint density at radius 3 is 1.42 bits per heavy atom. The topological polar surface area (TPSA) is 457 Å². The number of hydrogen-bond acceptors (Lipinski definition) is 26. The van der Waals surface area contributed by atoms with E-state index in [2.05, 4.69) is 103 Å². The van der Waals surface area contributed by atoms with Crippen LogP contribution in [0.15, 0.2) is 134 Å². The first-order chi connectivity index (χ1) is 45.8. The highest BCUT2D eigenvalue weighted by Crippen LogP contribution is 2.41. The molecule has 0 aliphatic carbocycles. The molecule has 30 heteroatoms. The number of fused-ring (bicyclic) bond motifs is 8. The molecule has 95 heavy (non-hydrogen) atoms. The van der Waals surface area contributed by atoms with E-state index >= 15 is 0 Å². The number of pyridine rings is 1. The summed E-state index contributed by atoms with van der Waals surface area (Å²) in [7, 11) is 0. The third-order valence-electron chi connectivity index (χ3n) is 16.4. The summed E-state index contributed by atoms with van der Waals surface area (Å²) in [4.78, 5) is 46.5. The summed E-state index contributed by atoms with van der Waals surface area (Å²) in [6, 6.07) is 26.3. The fourth-order valence-electron chi connectivity index (χ4n) is 12.0.